The minimum Gasteiger partial charge on any atom is -0.351 e. The molecule has 0 aromatic carbocycles. The lowest BCUT2D eigenvalue weighted by Gasteiger charge is -2.35. The second kappa shape index (κ2) is 10.2. The van der Waals surface area contributed by atoms with Crippen molar-refractivity contribution in [3.05, 3.63) is 0 Å². The van der Waals surface area contributed by atoms with E-state index < -0.39 is 9.05 Å². The van der Waals surface area contributed by atoms with Crippen LogP contribution in [0, 0.1) is 71.0 Å². The minimum atomic E-state index is -3.18. The number of fused-ring (bicyclic) bond motifs is 8. The minimum absolute atomic E-state index is 0.703. The molecule has 8 rings (SSSR count). The highest BCUT2D eigenvalue weighted by atomic mass is 28.4. The van der Waals surface area contributed by atoms with Crippen molar-refractivity contribution < 1.29 is 17.7 Å². The summed E-state index contributed by atoms with van der Waals surface area (Å²) < 4.78 is 27.8. The summed E-state index contributed by atoms with van der Waals surface area (Å²) in [6.07, 6.45) is 22.7. The Hall–Kier alpha value is 0.0569. The summed E-state index contributed by atoms with van der Waals surface area (Å²) in [5.41, 5.74) is 0. The average Bonchev–Trinajstić information content (AvgIpc) is 3.78. The molecule has 5 heteroatoms. The van der Waals surface area contributed by atoms with Gasteiger partial charge in [-0.1, -0.05) is 25.7 Å². The van der Waals surface area contributed by atoms with Crippen molar-refractivity contribution in [2.45, 2.75) is 103 Å². The van der Waals surface area contributed by atoms with Gasteiger partial charge in [-0.3, -0.25) is 0 Å². The first-order valence-corrected chi connectivity index (χ1v) is 18.4. The SMILES string of the molecule is C1C[C@H]2C[C@H]1C[C@H]2CO[Si](OC[C@@H]1C[C@H]2CC[C@H]1C2)(OC[C@H]1C[C@H]2CC[C@H]1C2)OC[C@H]1C[C@H]2CC[C@H]1C2. The van der Waals surface area contributed by atoms with Crippen LogP contribution in [0.4, 0.5) is 0 Å². The van der Waals surface area contributed by atoms with Gasteiger partial charge in [0.2, 0.25) is 0 Å². The standard InChI is InChI=1S/C32H52O4Si/c1-5-25-9-21(1)13-29(25)17-33-37(34-18-30-14-22-2-6-26(30)10-22,35-19-31-15-23-3-7-27(31)11-23)36-20-32-16-24-4-8-28(32)12-24/h21-32H,1-20H2/t21-,22-,23-,24-,25-,26-,27-,28-,29-,30-,31+,32+/m0/s1. The second-order valence-electron chi connectivity index (χ2n) is 15.5. The molecule has 8 aliphatic carbocycles. The van der Waals surface area contributed by atoms with E-state index in [1.807, 2.05) is 0 Å². The zero-order valence-corrected chi connectivity index (χ0v) is 24.2. The molecular weight excluding hydrogens is 476 g/mol. The lowest BCUT2D eigenvalue weighted by atomic mass is 9.90. The maximum Gasteiger partial charge on any atom is 0.679 e. The number of hydrogen-bond acceptors (Lipinski definition) is 4. The molecule has 0 N–H and O–H groups in total. The summed E-state index contributed by atoms with van der Waals surface area (Å²) in [5.74, 6) is 10.1. The van der Waals surface area contributed by atoms with Crippen LogP contribution in [0.3, 0.4) is 0 Å². The largest absolute Gasteiger partial charge is 0.679 e. The maximum absolute atomic E-state index is 6.96. The second-order valence-corrected chi connectivity index (χ2v) is 17.6. The van der Waals surface area contributed by atoms with Crippen molar-refractivity contribution in [3.8, 4) is 0 Å². The smallest absolute Gasteiger partial charge is 0.351 e. The summed E-state index contributed by atoms with van der Waals surface area (Å²) >= 11 is 0. The Bertz CT molecular complexity index is 687. The molecule has 8 fully saturated rings. The first-order chi connectivity index (χ1) is 18.2. The van der Waals surface area contributed by atoms with Crippen molar-refractivity contribution in [2.24, 2.45) is 71.0 Å². The zero-order valence-electron chi connectivity index (χ0n) is 23.2. The third kappa shape index (κ3) is 4.93. The number of rotatable bonds is 12. The molecule has 0 radical (unpaired) electrons. The predicted molar refractivity (Wildman–Crippen MR) is 145 cm³/mol. The molecule has 0 heterocycles. The summed E-state index contributed by atoms with van der Waals surface area (Å²) in [4.78, 5) is 0. The monoisotopic (exact) mass is 528 g/mol. The molecule has 8 aliphatic rings. The van der Waals surface area contributed by atoms with Crippen LogP contribution >= 0.6 is 0 Å². The molecule has 4 nitrogen and oxygen atoms in total. The van der Waals surface area contributed by atoms with Crippen LogP contribution in [0.5, 0.6) is 0 Å². The molecule has 8 saturated carbocycles. The van der Waals surface area contributed by atoms with Gasteiger partial charge in [0.25, 0.3) is 0 Å². The predicted octanol–water partition coefficient (Wildman–Crippen LogP) is 7.23. The quantitative estimate of drug-likeness (QED) is 0.250. The lowest BCUT2D eigenvalue weighted by Crippen LogP contribution is -2.53. The molecule has 208 valence electrons. The summed E-state index contributed by atoms with van der Waals surface area (Å²) in [7, 11) is -3.18. The van der Waals surface area contributed by atoms with Crippen molar-refractivity contribution in [2.75, 3.05) is 26.4 Å². The van der Waals surface area contributed by atoms with Crippen LogP contribution in [0.2, 0.25) is 0 Å². The average molecular weight is 529 g/mol. The van der Waals surface area contributed by atoms with Gasteiger partial charge in [0.15, 0.2) is 0 Å². The highest BCUT2D eigenvalue weighted by molar-refractivity contribution is 6.53. The fourth-order valence-electron chi connectivity index (χ4n) is 11.4. The Morgan fingerprint density at radius 1 is 0.351 bits per heavy atom. The molecule has 0 unspecified atom stereocenters. The van der Waals surface area contributed by atoms with Crippen molar-refractivity contribution >= 4 is 9.05 Å². The summed E-state index contributed by atoms with van der Waals surface area (Å²) in [5, 5.41) is 0. The van der Waals surface area contributed by atoms with E-state index in [0.717, 1.165) is 73.8 Å². The Balaban J connectivity index is 0.983. The molecule has 0 saturated heterocycles. The molecule has 12 atom stereocenters. The topological polar surface area (TPSA) is 36.9 Å². The number of hydrogen-bond donors (Lipinski definition) is 0. The van der Waals surface area contributed by atoms with E-state index in [1.54, 1.807) is 0 Å². The van der Waals surface area contributed by atoms with Crippen LogP contribution < -0.4 is 0 Å². The molecule has 37 heavy (non-hydrogen) atoms. The highest BCUT2D eigenvalue weighted by Crippen LogP contribution is 2.52. The molecule has 0 spiro atoms. The molecular formula is C32H52O4Si. The molecule has 0 amide bonds. The van der Waals surface area contributed by atoms with Gasteiger partial charge in [-0.15, -0.1) is 0 Å². The van der Waals surface area contributed by atoms with Crippen molar-refractivity contribution in [3.63, 3.8) is 0 Å². The maximum atomic E-state index is 6.96. The fourth-order valence-corrected chi connectivity index (χ4v) is 13.6. The van der Waals surface area contributed by atoms with Crippen molar-refractivity contribution in [1.82, 2.24) is 0 Å². The normalized spacial score (nSPS) is 49.3. The van der Waals surface area contributed by atoms with Gasteiger partial charge in [-0.2, -0.15) is 0 Å². The van der Waals surface area contributed by atoms with Crippen LogP contribution in [0.1, 0.15) is 103 Å². The Morgan fingerprint density at radius 2 is 0.622 bits per heavy atom. The van der Waals surface area contributed by atoms with Gasteiger partial charge >= 0.3 is 9.05 Å². The molecule has 0 aromatic heterocycles. The van der Waals surface area contributed by atoms with Crippen LogP contribution in [-0.4, -0.2) is 35.5 Å². The first kappa shape index (κ1) is 24.8. The van der Waals surface area contributed by atoms with E-state index in [0.29, 0.717) is 23.7 Å². The van der Waals surface area contributed by atoms with Gasteiger partial charge in [0.05, 0.1) is 0 Å². The van der Waals surface area contributed by atoms with Gasteiger partial charge in [0, 0.05) is 26.4 Å². The zero-order chi connectivity index (χ0) is 24.4. The van der Waals surface area contributed by atoms with Gasteiger partial charge < -0.3 is 17.7 Å². The van der Waals surface area contributed by atoms with Crippen molar-refractivity contribution in [1.29, 1.82) is 0 Å². The molecule has 8 bridgehead atoms. The van der Waals surface area contributed by atoms with E-state index >= 15 is 0 Å². The van der Waals surface area contributed by atoms with Gasteiger partial charge in [-0.25, -0.2) is 0 Å². The van der Waals surface area contributed by atoms with E-state index in [1.165, 1.54) is 103 Å². The van der Waals surface area contributed by atoms with E-state index in [2.05, 4.69) is 0 Å². The van der Waals surface area contributed by atoms with Crippen LogP contribution in [0.15, 0.2) is 0 Å². The van der Waals surface area contributed by atoms with Crippen LogP contribution in [-0.2, 0) is 17.7 Å². The summed E-state index contributed by atoms with van der Waals surface area (Å²) in [6.45, 7) is 3.27. The Kier molecular flexibility index (Phi) is 6.81. The molecule has 0 aliphatic heterocycles. The van der Waals surface area contributed by atoms with Gasteiger partial charge in [0.1, 0.15) is 0 Å². The van der Waals surface area contributed by atoms with E-state index in [4.69, 9.17) is 17.7 Å². The van der Waals surface area contributed by atoms with Gasteiger partial charge in [-0.05, 0) is 148 Å². The third-order valence-electron chi connectivity index (χ3n) is 13.4. The Labute approximate surface area is 226 Å². The molecule has 0 aromatic rings. The highest BCUT2D eigenvalue weighted by Gasteiger charge is 2.53. The fraction of sp³-hybridized carbons (Fsp3) is 1.00. The van der Waals surface area contributed by atoms with E-state index in [-0.39, 0.29) is 0 Å². The first-order valence-electron chi connectivity index (χ1n) is 16.7. The summed E-state index contributed by atoms with van der Waals surface area (Å²) in [6, 6.07) is 0. The van der Waals surface area contributed by atoms with Crippen LogP contribution in [0.25, 0.3) is 0 Å². The Morgan fingerprint density at radius 3 is 0.811 bits per heavy atom. The van der Waals surface area contributed by atoms with E-state index in [9.17, 15) is 0 Å². The third-order valence-corrected chi connectivity index (χ3v) is 15.5. The lowest BCUT2D eigenvalue weighted by molar-refractivity contribution is -0.0684.